The van der Waals surface area contributed by atoms with Crippen LogP contribution in [0.3, 0.4) is 0 Å². The minimum atomic E-state index is -0.940. The van der Waals surface area contributed by atoms with Crippen molar-refractivity contribution in [3.05, 3.63) is 72.1 Å². The number of hydrogen-bond acceptors (Lipinski definition) is 3. The monoisotopic (exact) mass is 344 g/mol. The summed E-state index contributed by atoms with van der Waals surface area (Å²) >= 11 is 0. The van der Waals surface area contributed by atoms with Crippen molar-refractivity contribution in [2.75, 3.05) is 5.32 Å². The van der Waals surface area contributed by atoms with Crippen LogP contribution in [0.5, 0.6) is 0 Å². The summed E-state index contributed by atoms with van der Waals surface area (Å²) in [4.78, 5) is 28.1. The Hall–Kier alpha value is -3.21. The summed E-state index contributed by atoms with van der Waals surface area (Å²) in [5, 5.41) is 14.3. The maximum atomic E-state index is 12.8. The van der Waals surface area contributed by atoms with Gasteiger partial charge in [0.25, 0.3) is 0 Å². The van der Waals surface area contributed by atoms with Gasteiger partial charge in [-0.2, -0.15) is 0 Å². The number of anilines is 1. The average molecular weight is 344 g/mol. The number of carboxylic acid groups (broad SMARTS) is 1. The summed E-state index contributed by atoms with van der Waals surface area (Å²) in [7, 11) is 0. The van der Waals surface area contributed by atoms with Crippen LogP contribution in [0.4, 0.5) is 5.69 Å². The van der Waals surface area contributed by atoms with E-state index in [1.807, 2.05) is 30.3 Å². The molecule has 0 saturated heterocycles. The molecular weight excluding hydrogens is 328 g/mol. The Morgan fingerprint density at radius 1 is 1.04 bits per heavy atom. The van der Waals surface area contributed by atoms with Gasteiger partial charge in [-0.3, -0.25) is 9.78 Å². The minimum absolute atomic E-state index is 0.0200. The molecule has 2 aromatic carbocycles. The molecule has 1 aromatic heterocycles. The highest BCUT2D eigenvalue weighted by Gasteiger charge is 2.87. The highest BCUT2D eigenvalue weighted by atomic mass is 16.4. The van der Waals surface area contributed by atoms with Crippen LogP contribution < -0.4 is 5.32 Å². The van der Waals surface area contributed by atoms with Crippen molar-refractivity contribution in [1.29, 1.82) is 0 Å². The van der Waals surface area contributed by atoms with E-state index in [2.05, 4.69) is 10.3 Å². The van der Waals surface area contributed by atoms with Gasteiger partial charge in [0.2, 0.25) is 5.91 Å². The first-order valence-electron chi connectivity index (χ1n) is 8.53. The zero-order valence-electron chi connectivity index (χ0n) is 13.9. The van der Waals surface area contributed by atoms with Gasteiger partial charge in [-0.15, -0.1) is 0 Å². The number of pyridine rings is 1. The van der Waals surface area contributed by atoms with Gasteiger partial charge in [0.05, 0.1) is 11.0 Å². The van der Waals surface area contributed by atoms with E-state index in [1.165, 1.54) is 0 Å². The molecule has 5 nitrogen and oxygen atoms in total. The molecule has 2 N–H and O–H groups in total. The normalized spacial score (nSPS) is 25.4. The molecule has 5 heteroatoms. The predicted octanol–water partition coefficient (Wildman–Crippen LogP) is 3.60. The number of benzene rings is 2. The third-order valence-electron chi connectivity index (χ3n) is 5.87. The van der Waals surface area contributed by atoms with E-state index in [4.69, 9.17) is 0 Å². The molecule has 2 fully saturated rings. The lowest BCUT2D eigenvalue weighted by molar-refractivity contribution is -0.119. The molecule has 0 bridgehead atoms. The third-order valence-corrected chi connectivity index (χ3v) is 5.87. The molecule has 1 heterocycles. The zero-order valence-corrected chi connectivity index (χ0v) is 13.9. The molecule has 128 valence electrons. The van der Waals surface area contributed by atoms with Crippen molar-refractivity contribution in [3.8, 4) is 0 Å². The van der Waals surface area contributed by atoms with Crippen LogP contribution in [0, 0.1) is 5.41 Å². The Balaban J connectivity index is 1.38. The van der Waals surface area contributed by atoms with E-state index in [-0.39, 0.29) is 22.3 Å². The second kappa shape index (κ2) is 4.91. The second-order valence-corrected chi connectivity index (χ2v) is 7.30. The molecule has 2 aliphatic rings. The standard InChI is InChI=1S/C21H16N2O3/c24-18(25)14-2-1-3-16(8-14)20-11-21(20,12-20)19(26)23-17-5-4-15-10-22-7-6-13(15)9-17/h1-10H,11-12H2,(H,23,26)(H,24,25). The van der Waals surface area contributed by atoms with Gasteiger partial charge in [0.1, 0.15) is 0 Å². The molecular formula is C21H16N2O3. The van der Waals surface area contributed by atoms with Crippen LogP contribution in [0.2, 0.25) is 0 Å². The summed E-state index contributed by atoms with van der Waals surface area (Å²) < 4.78 is 0. The number of aromatic carboxylic acids is 1. The SMILES string of the molecule is O=C(O)c1cccc(C23CC2(C(=O)Nc2ccc4cnccc4c2)C3)c1. The van der Waals surface area contributed by atoms with Crippen molar-refractivity contribution in [3.63, 3.8) is 0 Å². The Kier molecular flexibility index (Phi) is 2.85. The van der Waals surface area contributed by atoms with E-state index in [1.54, 1.807) is 30.6 Å². The molecule has 1 amide bonds. The smallest absolute Gasteiger partial charge is 0.335 e. The van der Waals surface area contributed by atoms with Crippen LogP contribution in [0.15, 0.2) is 60.9 Å². The number of fused-ring (bicyclic) bond motifs is 2. The van der Waals surface area contributed by atoms with Gasteiger partial charge in [-0.05, 0) is 54.1 Å². The van der Waals surface area contributed by atoms with E-state index in [0.717, 1.165) is 34.9 Å². The minimum Gasteiger partial charge on any atom is -0.478 e. The highest BCUT2D eigenvalue weighted by molar-refractivity contribution is 6.04. The fourth-order valence-corrected chi connectivity index (χ4v) is 4.11. The largest absolute Gasteiger partial charge is 0.478 e. The lowest BCUT2D eigenvalue weighted by atomic mass is 10.0. The number of amides is 1. The highest BCUT2D eigenvalue weighted by Crippen LogP contribution is 2.86. The Labute approximate surface area is 149 Å². The van der Waals surface area contributed by atoms with Crippen LogP contribution >= 0.6 is 0 Å². The van der Waals surface area contributed by atoms with Crippen LogP contribution in [0.25, 0.3) is 10.8 Å². The molecule has 0 atom stereocenters. The number of nitrogens with one attached hydrogen (secondary N) is 1. The Bertz CT molecular complexity index is 1080. The fraction of sp³-hybridized carbons (Fsp3) is 0.190. The first kappa shape index (κ1) is 15.1. The summed E-state index contributed by atoms with van der Waals surface area (Å²) in [6, 6.07) is 14.7. The molecule has 26 heavy (non-hydrogen) atoms. The van der Waals surface area contributed by atoms with Gasteiger partial charge < -0.3 is 10.4 Å². The van der Waals surface area contributed by atoms with Gasteiger partial charge in [0.15, 0.2) is 0 Å². The third kappa shape index (κ3) is 2.00. The quantitative estimate of drug-likeness (QED) is 0.758. The summed E-state index contributed by atoms with van der Waals surface area (Å²) in [6.45, 7) is 0. The lowest BCUT2D eigenvalue weighted by Crippen LogP contribution is -2.18. The summed E-state index contributed by atoms with van der Waals surface area (Å²) in [5.41, 5.74) is 1.45. The van der Waals surface area contributed by atoms with Gasteiger partial charge in [-0.1, -0.05) is 18.2 Å². The van der Waals surface area contributed by atoms with Crippen molar-refractivity contribution >= 4 is 28.3 Å². The topological polar surface area (TPSA) is 79.3 Å². The van der Waals surface area contributed by atoms with E-state index >= 15 is 0 Å². The van der Waals surface area contributed by atoms with Gasteiger partial charge in [-0.25, -0.2) is 4.79 Å². The van der Waals surface area contributed by atoms with E-state index in [0.29, 0.717) is 0 Å². The van der Waals surface area contributed by atoms with Crippen LogP contribution in [-0.2, 0) is 10.2 Å². The lowest BCUT2D eigenvalue weighted by Gasteiger charge is -2.07. The molecule has 0 radical (unpaired) electrons. The molecule has 2 saturated carbocycles. The molecule has 0 aliphatic heterocycles. The molecule has 3 aromatic rings. The van der Waals surface area contributed by atoms with Gasteiger partial charge in [0, 0.05) is 28.9 Å². The molecule has 2 aliphatic carbocycles. The fourth-order valence-electron chi connectivity index (χ4n) is 4.11. The first-order chi connectivity index (χ1) is 12.5. The number of carbonyl (C=O) groups excluding carboxylic acids is 1. The number of aromatic nitrogens is 1. The molecule has 0 spiro atoms. The maximum Gasteiger partial charge on any atom is 0.335 e. The first-order valence-corrected chi connectivity index (χ1v) is 8.53. The average Bonchev–Trinajstić information content (AvgIpc) is 3.49. The number of carbonyl (C=O) groups is 2. The zero-order chi connectivity index (χ0) is 17.9. The Morgan fingerprint density at radius 2 is 1.88 bits per heavy atom. The van der Waals surface area contributed by atoms with E-state index in [9.17, 15) is 14.7 Å². The van der Waals surface area contributed by atoms with Crippen molar-refractivity contribution in [1.82, 2.24) is 4.98 Å². The van der Waals surface area contributed by atoms with E-state index < -0.39 is 5.97 Å². The van der Waals surface area contributed by atoms with Crippen LogP contribution in [-0.4, -0.2) is 22.0 Å². The van der Waals surface area contributed by atoms with Crippen molar-refractivity contribution in [2.45, 2.75) is 18.3 Å². The van der Waals surface area contributed by atoms with Crippen LogP contribution in [0.1, 0.15) is 28.8 Å². The summed E-state index contributed by atoms with van der Waals surface area (Å²) in [6.07, 6.45) is 5.09. The van der Waals surface area contributed by atoms with Gasteiger partial charge >= 0.3 is 5.97 Å². The predicted molar refractivity (Wildman–Crippen MR) is 97.1 cm³/mol. The summed E-state index contributed by atoms with van der Waals surface area (Å²) in [5.74, 6) is -0.920. The number of hydrogen-bond donors (Lipinski definition) is 2. The second-order valence-electron chi connectivity index (χ2n) is 7.30. The maximum absolute atomic E-state index is 12.8. The molecule has 0 unspecified atom stereocenters. The Morgan fingerprint density at radius 3 is 2.69 bits per heavy atom. The number of carboxylic acids is 1. The molecule has 5 rings (SSSR count). The van der Waals surface area contributed by atoms with Crippen molar-refractivity contribution in [2.24, 2.45) is 5.41 Å². The van der Waals surface area contributed by atoms with Crippen molar-refractivity contribution < 1.29 is 14.7 Å². The number of nitrogens with zero attached hydrogens (tertiary/aromatic N) is 1. The number of rotatable bonds is 4.